The highest BCUT2D eigenvalue weighted by atomic mass is 16.3. The molecule has 1 heteroatoms. The Kier molecular flexibility index (Phi) is 6.02. The molecule has 0 saturated heterocycles. The van der Waals surface area contributed by atoms with Crippen molar-refractivity contribution in [2.45, 2.75) is 0 Å². The number of hydrogen-bond donors (Lipinski definition) is 0. The Morgan fingerprint density at radius 2 is 0.824 bits per heavy atom. The number of fused-ring (bicyclic) bond motifs is 9. The summed E-state index contributed by atoms with van der Waals surface area (Å²) in [4.78, 5) is 0. The van der Waals surface area contributed by atoms with Gasteiger partial charge in [0.15, 0.2) is 0 Å². The van der Waals surface area contributed by atoms with Crippen molar-refractivity contribution in [2.24, 2.45) is 0 Å². The van der Waals surface area contributed by atoms with Gasteiger partial charge < -0.3 is 4.42 Å². The molecule has 0 bridgehead atoms. The topological polar surface area (TPSA) is 13.1 Å². The third-order valence-electron chi connectivity index (χ3n) is 10.8. The summed E-state index contributed by atoms with van der Waals surface area (Å²) in [6.45, 7) is 0. The van der Waals surface area contributed by atoms with E-state index in [-0.39, 0.29) is 0 Å². The molecule has 10 aromatic carbocycles. The molecule has 1 heterocycles. The van der Waals surface area contributed by atoms with Gasteiger partial charge >= 0.3 is 0 Å². The standard InChI is InChI=1S/C50H30O/c1-3-15-35-31(12-1)14-11-22-36(35)33-24-26-43-46(29-33)49(34-25-27-48-44(30-34)40-19-9-10-23-47(40)51-48)41-20-7-8-21-42(41)50(43)45-28-32-13-2-4-16-37(32)38-17-5-6-18-39(38)45/h1-30H. The van der Waals surface area contributed by atoms with Crippen molar-refractivity contribution in [1.29, 1.82) is 0 Å². The Labute approximate surface area is 294 Å². The van der Waals surface area contributed by atoms with Gasteiger partial charge in [0, 0.05) is 10.8 Å². The van der Waals surface area contributed by atoms with E-state index >= 15 is 0 Å². The summed E-state index contributed by atoms with van der Waals surface area (Å²) < 4.78 is 6.29. The summed E-state index contributed by atoms with van der Waals surface area (Å²) in [6.07, 6.45) is 0. The lowest BCUT2D eigenvalue weighted by Crippen LogP contribution is -1.93. The van der Waals surface area contributed by atoms with E-state index in [1.165, 1.54) is 87.2 Å². The molecular weight excluding hydrogens is 617 g/mol. The van der Waals surface area contributed by atoms with Crippen LogP contribution in [0.25, 0.3) is 109 Å². The summed E-state index contributed by atoms with van der Waals surface area (Å²) in [7, 11) is 0. The Balaban J connectivity index is 1.31. The smallest absolute Gasteiger partial charge is 0.135 e. The molecule has 0 fully saturated rings. The predicted molar refractivity (Wildman–Crippen MR) is 218 cm³/mol. The van der Waals surface area contributed by atoms with E-state index in [2.05, 4.69) is 176 Å². The van der Waals surface area contributed by atoms with Crippen LogP contribution >= 0.6 is 0 Å². The van der Waals surface area contributed by atoms with Gasteiger partial charge in [0.25, 0.3) is 0 Å². The zero-order chi connectivity index (χ0) is 33.5. The predicted octanol–water partition coefficient (Wildman–Crippen LogP) is 14.4. The lowest BCUT2D eigenvalue weighted by atomic mass is 9.82. The Bertz CT molecular complexity index is 3190. The molecule has 0 unspecified atom stereocenters. The fraction of sp³-hybridized carbons (Fsp3) is 0. The van der Waals surface area contributed by atoms with Crippen molar-refractivity contribution in [2.75, 3.05) is 0 Å². The van der Waals surface area contributed by atoms with Crippen molar-refractivity contribution in [3.63, 3.8) is 0 Å². The minimum absolute atomic E-state index is 0.907. The van der Waals surface area contributed by atoms with Gasteiger partial charge in [-0.1, -0.05) is 152 Å². The van der Waals surface area contributed by atoms with Crippen molar-refractivity contribution >= 4 is 75.8 Å². The van der Waals surface area contributed by atoms with Gasteiger partial charge in [0.05, 0.1) is 0 Å². The van der Waals surface area contributed by atoms with Gasteiger partial charge in [-0.25, -0.2) is 0 Å². The second-order valence-corrected chi connectivity index (χ2v) is 13.6. The maximum Gasteiger partial charge on any atom is 0.135 e. The molecule has 1 aromatic heterocycles. The van der Waals surface area contributed by atoms with Gasteiger partial charge in [-0.2, -0.15) is 0 Å². The molecule has 0 aliphatic heterocycles. The van der Waals surface area contributed by atoms with E-state index in [0.717, 1.165) is 21.9 Å². The van der Waals surface area contributed by atoms with Crippen LogP contribution in [0.4, 0.5) is 0 Å². The van der Waals surface area contributed by atoms with Crippen LogP contribution in [0.5, 0.6) is 0 Å². The van der Waals surface area contributed by atoms with Gasteiger partial charge in [0.2, 0.25) is 0 Å². The van der Waals surface area contributed by atoms with Crippen LogP contribution in [0, 0.1) is 0 Å². The molecule has 0 amide bonds. The van der Waals surface area contributed by atoms with Crippen molar-refractivity contribution < 1.29 is 4.42 Å². The van der Waals surface area contributed by atoms with Crippen LogP contribution in [0.2, 0.25) is 0 Å². The molecule has 11 rings (SSSR count). The normalized spacial score (nSPS) is 11.9. The van der Waals surface area contributed by atoms with Crippen molar-refractivity contribution in [3.05, 3.63) is 182 Å². The average Bonchev–Trinajstić information content (AvgIpc) is 3.57. The lowest BCUT2D eigenvalue weighted by molar-refractivity contribution is 0.669. The van der Waals surface area contributed by atoms with Crippen LogP contribution in [-0.4, -0.2) is 0 Å². The summed E-state index contributed by atoms with van der Waals surface area (Å²) in [5.74, 6) is 0. The highest BCUT2D eigenvalue weighted by molar-refractivity contribution is 6.26. The Morgan fingerprint density at radius 1 is 0.255 bits per heavy atom. The van der Waals surface area contributed by atoms with Gasteiger partial charge in [-0.3, -0.25) is 0 Å². The van der Waals surface area contributed by atoms with E-state index in [1.807, 2.05) is 6.07 Å². The monoisotopic (exact) mass is 646 g/mol. The molecule has 0 spiro atoms. The molecular formula is C50H30O. The van der Waals surface area contributed by atoms with E-state index < -0.39 is 0 Å². The third kappa shape index (κ3) is 4.22. The minimum atomic E-state index is 0.907. The highest BCUT2D eigenvalue weighted by Gasteiger charge is 2.21. The largest absolute Gasteiger partial charge is 0.456 e. The maximum absolute atomic E-state index is 6.29. The van der Waals surface area contributed by atoms with Crippen molar-refractivity contribution in [1.82, 2.24) is 0 Å². The maximum atomic E-state index is 6.29. The van der Waals surface area contributed by atoms with Gasteiger partial charge in [-0.15, -0.1) is 0 Å². The first-order chi connectivity index (χ1) is 25.3. The number of furan rings is 1. The molecule has 0 aliphatic carbocycles. The summed E-state index contributed by atoms with van der Waals surface area (Å²) in [5, 5.41) is 14.8. The second-order valence-electron chi connectivity index (χ2n) is 13.6. The molecule has 51 heavy (non-hydrogen) atoms. The SMILES string of the molecule is c1ccc2c(-c3ccc4c(-c5cc6ccccc6c6ccccc56)c5ccccc5c(-c5ccc6oc7ccccc7c6c5)c4c3)cccc2c1. The molecule has 0 atom stereocenters. The number of para-hydroxylation sites is 1. The Hall–Kier alpha value is -6.70. The first-order valence-corrected chi connectivity index (χ1v) is 17.6. The molecule has 0 saturated carbocycles. The van der Waals surface area contributed by atoms with E-state index in [0.29, 0.717) is 0 Å². The molecule has 0 N–H and O–H groups in total. The number of benzene rings is 10. The third-order valence-corrected chi connectivity index (χ3v) is 10.8. The first-order valence-electron chi connectivity index (χ1n) is 17.6. The summed E-state index contributed by atoms with van der Waals surface area (Å²) >= 11 is 0. The summed E-state index contributed by atoms with van der Waals surface area (Å²) in [6, 6.07) is 66.5. The summed E-state index contributed by atoms with van der Waals surface area (Å²) in [5.41, 5.74) is 9.21. The van der Waals surface area contributed by atoms with Crippen LogP contribution in [-0.2, 0) is 0 Å². The molecule has 0 radical (unpaired) electrons. The fourth-order valence-corrected chi connectivity index (χ4v) is 8.57. The van der Waals surface area contributed by atoms with Crippen LogP contribution in [0.1, 0.15) is 0 Å². The Morgan fingerprint density at radius 3 is 1.67 bits per heavy atom. The molecule has 11 aromatic rings. The second kappa shape index (κ2) is 10.9. The fourth-order valence-electron chi connectivity index (χ4n) is 8.57. The quantitative estimate of drug-likeness (QED) is 0.138. The molecule has 236 valence electrons. The van der Waals surface area contributed by atoms with Gasteiger partial charge in [0.1, 0.15) is 11.2 Å². The highest BCUT2D eigenvalue weighted by Crippen LogP contribution is 2.48. The van der Waals surface area contributed by atoms with E-state index in [1.54, 1.807) is 0 Å². The zero-order valence-electron chi connectivity index (χ0n) is 27.7. The number of hydrogen-bond acceptors (Lipinski definition) is 1. The minimum Gasteiger partial charge on any atom is -0.456 e. The molecule has 1 nitrogen and oxygen atoms in total. The van der Waals surface area contributed by atoms with Crippen LogP contribution in [0.15, 0.2) is 186 Å². The van der Waals surface area contributed by atoms with Gasteiger partial charge in [-0.05, 0) is 118 Å². The van der Waals surface area contributed by atoms with Crippen LogP contribution in [0.3, 0.4) is 0 Å². The zero-order valence-corrected chi connectivity index (χ0v) is 27.7. The number of rotatable bonds is 3. The average molecular weight is 647 g/mol. The first kappa shape index (κ1) is 28.2. The van der Waals surface area contributed by atoms with E-state index in [4.69, 9.17) is 4.42 Å². The van der Waals surface area contributed by atoms with Crippen LogP contribution < -0.4 is 0 Å². The molecule has 0 aliphatic rings. The van der Waals surface area contributed by atoms with E-state index in [9.17, 15) is 0 Å². The van der Waals surface area contributed by atoms with Crippen molar-refractivity contribution in [3.8, 4) is 33.4 Å². The lowest BCUT2D eigenvalue weighted by Gasteiger charge is -2.20.